The summed E-state index contributed by atoms with van der Waals surface area (Å²) in [6.45, 7) is 18.8. The minimum atomic E-state index is -1.08. The van der Waals surface area contributed by atoms with Gasteiger partial charge < -0.3 is 9.72 Å². The Balaban J connectivity index is 1.65. The van der Waals surface area contributed by atoms with E-state index in [1.165, 1.54) is 4.90 Å². The van der Waals surface area contributed by atoms with Gasteiger partial charge in [-0.25, -0.2) is 19.3 Å². The van der Waals surface area contributed by atoms with Crippen LogP contribution in [0.15, 0.2) is 35.1 Å². The number of carbonyl (C=O) groups is 1. The van der Waals surface area contributed by atoms with E-state index in [-0.39, 0.29) is 22.4 Å². The van der Waals surface area contributed by atoms with Crippen molar-refractivity contribution in [3.8, 4) is 17.3 Å². The quantitative estimate of drug-likeness (QED) is 0.246. The van der Waals surface area contributed by atoms with Gasteiger partial charge in [0.2, 0.25) is 0 Å². The minimum Gasteiger partial charge on any atom is -0.491 e. The molecule has 0 spiro atoms. The number of fused-ring (bicyclic) bond motifs is 1. The number of thiocarbonyl (C=S) groups is 1. The molecule has 1 fully saturated rings. The van der Waals surface area contributed by atoms with Crippen molar-refractivity contribution in [3.63, 3.8) is 0 Å². The average Bonchev–Trinajstić information content (AvgIpc) is 3.33. The van der Waals surface area contributed by atoms with Gasteiger partial charge in [0, 0.05) is 12.1 Å². The monoisotopic (exact) mass is 570 g/mol. The minimum absolute atomic E-state index is 0.207. The van der Waals surface area contributed by atoms with Crippen molar-refractivity contribution in [3.05, 3.63) is 69.2 Å². The molecule has 12 heteroatoms. The van der Waals surface area contributed by atoms with E-state index in [9.17, 15) is 9.59 Å². The molecule has 11 nitrogen and oxygen atoms in total. The highest BCUT2D eigenvalue weighted by molar-refractivity contribution is 7.81. The van der Waals surface area contributed by atoms with E-state index in [4.69, 9.17) is 33.6 Å². The summed E-state index contributed by atoms with van der Waals surface area (Å²) in [4.78, 5) is 45.8. The number of ether oxygens (including phenoxy) is 1. The summed E-state index contributed by atoms with van der Waals surface area (Å²) < 4.78 is 7.44. The predicted octanol–water partition coefficient (Wildman–Crippen LogP) is 4.92. The van der Waals surface area contributed by atoms with Crippen LogP contribution in [0.2, 0.25) is 0 Å². The first kappa shape index (κ1) is 27.9. The Hall–Kier alpha value is -4.63. The summed E-state index contributed by atoms with van der Waals surface area (Å²) in [5.41, 5.74) is 1.69. The van der Waals surface area contributed by atoms with Gasteiger partial charge in [0.05, 0.1) is 18.9 Å². The van der Waals surface area contributed by atoms with Gasteiger partial charge in [-0.05, 0) is 83.1 Å². The topological polar surface area (TPSA) is 113 Å². The lowest BCUT2D eigenvalue weighted by Crippen LogP contribution is -2.44. The molecule has 210 valence electrons. The summed E-state index contributed by atoms with van der Waals surface area (Å²) in [6, 6.07) is 8.63. The average molecular weight is 571 g/mol. The summed E-state index contributed by atoms with van der Waals surface area (Å²) in [6.07, 6.45) is 1.49. The SMILES string of the molecule is [C-]#[N+]c1ccc(N2C(=O)C(C)(C)N(c3ccc(OCC)c(-c4nn5c(CCC)nc(C)c5c(=O)[nH]4)n3)C2=S)cc1C. The molecule has 1 aliphatic heterocycles. The Labute approximate surface area is 242 Å². The zero-order chi connectivity index (χ0) is 29.6. The lowest BCUT2D eigenvalue weighted by molar-refractivity contribution is -0.120. The fraction of sp³-hybridized carbons (Fsp3) is 0.345. The molecule has 0 unspecified atom stereocenters. The van der Waals surface area contributed by atoms with Crippen LogP contribution in [0.5, 0.6) is 5.75 Å². The van der Waals surface area contributed by atoms with Crippen LogP contribution in [-0.4, -0.2) is 47.7 Å². The first-order valence-corrected chi connectivity index (χ1v) is 13.7. The molecular formula is C29H30N8O3S. The van der Waals surface area contributed by atoms with Crippen LogP contribution < -0.4 is 20.1 Å². The maximum Gasteiger partial charge on any atom is 0.277 e. The molecule has 1 saturated heterocycles. The third-order valence-electron chi connectivity index (χ3n) is 7.04. The van der Waals surface area contributed by atoms with Crippen LogP contribution in [0.4, 0.5) is 17.2 Å². The number of nitrogens with one attached hydrogen (secondary N) is 1. The second kappa shape index (κ2) is 10.4. The number of hydrogen-bond acceptors (Lipinski definition) is 7. The van der Waals surface area contributed by atoms with Gasteiger partial charge in [-0.2, -0.15) is 0 Å². The van der Waals surface area contributed by atoms with Crippen LogP contribution in [0.3, 0.4) is 0 Å². The first-order valence-electron chi connectivity index (χ1n) is 13.3. The second-order valence-electron chi connectivity index (χ2n) is 10.3. The number of hydrogen-bond donors (Lipinski definition) is 1. The molecule has 1 N–H and O–H groups in total. The Morgan fingerprint density at radius 2 is 1.88 bits per heavy atom. The van der Waals surface area contributed by atoms with Crippen molar-refractivity contribution >= 4 is 45.9 Å². The molecule has 0 bridgehead atoms. The van der Waals surface area contributed by atoms with Crippen molar-refractivity contribution in [2.24, 2.45) is 0 Å². The highest BCUT2D eigenvalue weighted by atomic mass is 32.1. The molecule has 0 aliphatic carbocycles. The molecule has 5 rings (SSSR count). The largest absolute Gasteiger partial charge is 0.491 e. The smallest absolute Gasteiger partial charge is 0.277 e. The summed E-state index contributed by atoms with van der Waals surface area (Å²) in [5, 5.41) is 4.96. The lowest BCUT2D eigenvalue weighted by atomic mass is 10.0. The van der Waals surface area contributed by atoms with E-state index < -0.39 is 5.54 Å². The fourth-order valence-corrected chi connectivity index (χ4v) is 5.55. The summed E-state index contributed by atoms with van der Waals surface area (Å²) in [5.74, 6) is 1.47. The molecule has 1 aromatic carbocycles. The second-order valence-corrected chi connectivity index (χ2v) is 10.6. The fourth-order valence-electron chi connectivity index (χ4n) is 5.04. The zero-order valence-corrected chi connectivity index (χ0v) is 24.6. The number of pyridine rings is 1. The van der Waals surface area contributed by atoms with E-state index in [0.717, 1.165) is 12.0 Å². The number of rotatable bonds is 7. The standard InChI is InChI=1S/C29H30N8O3S/c1-8-10-22-31-17(4)24-26(38)33-25(34-37(22)24)23-20(40-9-2)13-14-21(32-23)36-28(41)35(27(39)29(36,5)6)18-11-12-19(30-7)16(3)15-18/h11-15H,8-10H2,1-6H3,(H,33,34,38). The number of H-pyrrole nitrogens is 1. The maximum atomic E-state index is 13.7. The highest BCUT2D eigenvalue weighted by Crippen LogP contribution is 2.38. The van der Waals surface area contributed by atoms with Crippen molar-refractivity contribution in [1.29, 1.82) is 0 Å². The molecular weight excluding hydrogens is 540 g/mol. The number of amides is 1. The molecule has 4 heterocycles. The Kier molecular flexibility index (Phi) is 7.08. The van der Waals surface area contributed by atoms with Crippen molar-refractivity contribution in [2.75, 3.05) is 16.4 Å². The number of benzene rings is 1. The molecule has 1 aliphatic rings. The van der Waals surface area contributed by atoms with Crippen LogP contribution in [0.25, 0.3) is 21.9 Å². The van der Waals surface area contributed by atoms with E-state index >= 15 is 0 Å². The van der Waals surface area contributed by atoms with Gasteiger partial charge in [0.25, 0.3) is 11.5 Å². The van der Waals surface area contributed by atoms with E-state index in [2.05, 4.69) is 14.8 Å². The third kappa shape index (κ3) is 4.52. The number of imidazole rings is 1. The van der Waals surface area contributed by atoms with E-state index in [0.29, 0.717) is 58.7 Å². The normalized spacial score (nSPS) is 14.7. The lowest BCUT2D eigenvalue weighted by Gasteiger charge is -2.28. The van der Waals surface area contributed by atoms with Gasteiger partial charge in [0.1, 0.15) is 22.9 Å². The van der Waals surface area contributed by atoms with Gasteiger partial charge in [-0.15, -0.1) is 5.10 Å². The maximum absolute atomic E-state index is 13.7. The van der Waals surface area contributed by atoms with Crippen molar-refractivity contribution in [2.45, 2.75) is 59.9 Å². The van der Waals surface area contributed by atoms with Crippen LogP contribution in [0.1, 0.15) is 51.2 Å². The molecule has 0 atom stereocenters. The number of carbonyl (C=O) groups excluding carboxylic acids is 1. The summed E-state index contributed by atoms with van der Waals surface area (Å²) >= 11 is 5.85. The van der Waals surface area contributed by atoms with E-state index in [1.54, 1.807) is 60.5 Å². The zero-order valence-electron chi connectivity index (χ0n) is 23.8. The predicted molar refractivity (Wildman–Crippen MR) is 161 cm³/mol. The number of aromatic nitrogens is 5. The van der Waals surface area contributed by atoms with Gasteiger partial charge >= 0.3 is 0 Å². The number of aromatic amines is 1. The third-order valence-corrected chi connectivity index (χ3v) is 7.41. The number of nitrogens with zero attached hydrogens (tertiary/aromatic N) is 7. The molecule has 41 heavy (non-hydrogen) atoms. The highest BCUT2D eigenvalue weighted by Gasteiger charge is 2.51. The van der Waals surface area contributed by atoms with Crippen LogP contribution >= 0.6 is 12.2 Å². The van der Waals surface area contributed by atoms with Crippen LogP contribution in [0, 0.1) is 20.4 Å². The van der Waals surface area contributed by atoms with E-state index in [1.807, 2.05) is 20.8 Å². The molecule has 0 radical (unpaired) electrons. The first-order chi connectivity index (χ1) is 19.5. The van der Waals surface area contributed by atoms with Gasteiger partial charge in [0.15, 0.2) is 27.8 Å². The number of anilines is 2. The molecule has 1 amide bonds. The Morgan fingerprint density at radius 3 is 2.54 bits per heavy atom. The Morgan fingerprint density at radius 1 is 1.12 bits per heavy atom. The molecule has 0 saturated carbocycles. The molecule has 4 aromatic rings. The van der Waals surface area contributed by atoms with Gasteiger partial charge in [-0.1, -0.05) is 13.0 Å². The van der Waals surface area contributed by atoms with Crippen molar-refractivity contribution < 1.29 is 9.53 Å². The number of aryl methyl sites for hydroxylation is 3. The van der Waals surface area contributed by atoms with Crippen LogP contribution in [-0.2, 0) is 11.2 Å². The molecule has 3 aromatic heterocycles. The van der Waals surface area contributed by atoms with Gasteiger partial charge in [-0.3, -0.25) is 19.4 Å². The Bertz CT molecular complexity index is 1820. The summed E-state index contributed by atoms with van der Waals surface area (Å²) in [7, 11) is 0. The van der Waals surface area contributed by atoms with Crippen molar-refractivity contribution in [1.82, 2.24) is 24.6 Å².